The van der Waals surface area contributed by atoms with Gasteiger partial charge in [-0.2, -0.15) is 0 Å². The Morgan fingerprint density at radius 1 is 1.78 bits per heavy atom. The molecule has 1 fully saturated rings. The van der Waals surface area contributed by atoms with Crippen LogP contribution in [0.4, 0.5) is 0 Å². The van der Waals surface area contributed by atoms with Crippen molar-refractivity contribution in [1.82, 2.24) is 10.2 Å². The number of hydrogen-bond acceptors (Lipinski definition) is 3. The van der Waals surface area contributed by atoms with Crippen LogP contribution in [-0.2, 0) is 10.8 Å². The summed E-state index contributed by atoms with van der Waals surface area (Å²) in [6, 6.07) is 0. The quantitative estimate of drug-likeness (QED) is 0.493. The monoisotopic (exact) mass is 144 g/mol. The van der Waals surface area contributed by atoms with Crippen LogP contribution in [0.3, 0.4) is 0 Å². The van der Waals surface area contributed by atoms with E-state index >= 15 is 0 Å². The van der Waals surface area contributed by atoms with Crippen LogP contribution in [0.1, 0.15) is 0 Å². The molecule has 0 saturated carbocycles. The van der Waals surface area contributed by atoms with E-state index in [0.717, 1.165) is 12.3 Å². The second kappa shape index (κ2) is 1.73. The molecule has 9 heavy (non-hydrogen) atoms. The molecule has 50 valence electrons. The molecule has 2 heterocycles. The van der Waals surface area contributed by atoms with Crippen molar-refractivity contribution in [2.24, 2.45) is 0 Å². The molecule has 4 heteroatoms. The predicted molar refractivity (Wildman–Crippen MR) is 35.8 cm³/mol. The number of fused-ring (bicyclic) bond motifs is 1. The van der Waals surface area contributed by atoms with Crippen LogP contribution >= 0.6 is 0 Å². The van der Waals surface area contributed by atoms with E-state index in [1.165, 1.54) is 0 Å². The Morgan fingerprint density at radius 2 is 2.67 bits per heavy atom. The maximum absolute atomic E-state index is 11.0. The molecule has 0 aromatic heterocycles. The zero-order chi connectivity index (χ0) is 6.27. The van der Waals surface area contributed by atoms with Gasteiger partial charge in [0.05, 0.1) is 10.8 Å². The fraction of sp³-hybridized carbons (Fsp3) is 0.600. The first kappa shape index (κ1) is 5.29. The molecule has 2 atom stereocenters. The van der Waals surface area contributed by atoms with Gasteiger partial charge in [-0.15, -0.1) is 0 Å². The molecule has 1 N–H and O–H groups in total. The van der Waals surface area contributed by atoms with Crippen LogP contribution < -0.4 is 5.32 Å². The molecule has 2 rings (SSSR count). The summed E-state index contributed by atoms with van der Waals surface area (Å²) in [4.78, 5) is 2.07. The van der Waals surface area contributed by atoms with Crippen molar-refractivity contribution >= 4 is 10.8 Å². The van der Waals surface area contributed by atoms with Gasteiger partial charge in [0.1, 0.15) is 0 Å². The minimum absolute atomic E-state index is 0.0880. The van der Waals surface area contributed by atoms with E-state index in [4.69, 9.17) is 0 Å². The molecule has 0 aliphatic carbocycles. The summed E-state index contributed by atoms with van der Waals surface area (Å²) >= 11 is 0. The average Bonchev–Trinajstić information content (AvgIpc) is 2.35. The summed E-state index contributed by atoms with van der Waals surface area (Å²) in [6.45, 7) is 0.931. The highest BCUT2D eigenvalue weighted by Gasteiger charge is 2.30. The van der Waals surface area contributed by atoms with Gasteiger partial charge in [0.15, 0.2) is 5.50 Å². The second-order valence-electron chi connectivity index (χ2n) is 2.16. The summed E-state index contributed by atoms with van der Waals surface area (Å²) in [7, 11) is -0.676. The zero-order valence-electron chi connectivity index (χ0n) is 4.91. The molecule has 3 nitrogen and oxygen atoms in total. The minimum atomic E-state index is -0.676. The Morgan fingerprint density at radius 3 is 3.44 bits per heavy atom. The van der Waals surface area contributed by atoms with Gasteiger partial charge in [-0.3, -0.25) is 4.21 Å². The second-order valence-corrected chi connectivity index (χ2v) is 3.77. The molecule has 2 unspecified atom stereocenters. The van der Waals surface area contributed by atoms with Crippen molar-refractivity contribution < 1.29 is 4.21 Å². The first-order valence-electron chi connectivity index (χ1n) is 2.93. The largest absolute Gasteiger partial charge is 0.360 e. The number of nitrogens with one attached hydrogen (secondary N) is 1. The van der Waals surface area contributed by atoms with Crippen molar-refractivity contribution in [2.45, 2.75) is 5.50 Å². The molecular weight excluding hydrogens is 136 g/mol. The van der Waals surface area contributed by atoms with Crippen molar-refractivity contribution in [1.29, 1.82) is 0 Å². The lowest BCUT2D eigenvalue weighted by molar-refractivity contribution is 0.401. The molecule has 0 aromatic rings. The van der Waals surface area contributed by atoms with Gasteiger partial charge in [0, 0.05) is 24.7 Å². The van der Waals surface area contributed by atoms with E-state index < -0.39 is 10.8 Å². The first-order chi connectivity index (χ1) is 4.38. The third-order valence-electron chi connectivity index (χ3n) is 1.61. The summed E-state index contributed by atoms with van der Waals surface area (Å²) in [5, 5.41) is 3.01. The van der Waals surface area contributed by atoms with E-state index in [-0.39, 0.29) is 5.50 Å². The maximum atomic E-state index is 11.0. The van der Waals surface area contributed by atoms with Crippen LogP contribution in [0.5, 0.6) is 0 Å². The normalized spacial score (nSPS) is 38.9. The molecule has 2 aliphatic rings. The number of rotatable bonds is 0. The fourth-order valence-corrected chi connectivity index (χ4v) is 2.44. The average molecular weight is 144 g/mol. The van der Waals surface area contributed by atoms with Crippen LogP contribution in [0.25, 0.3) is 0 Å². The van der Waals surface area contributed by atoms with Crippen molar-refractivity contribution in [3.63, 3.8) is 0 Å². The van der Waals surface area contributed by atoms with E-state index in [1.807, 2.05) is 12.4 Å². The first-order valence-corrected chi connectivity index (χ1v) is 4.32. The van der Waals surface area contributed by atoms with E-state index in [2.05, 4.69) is 10.2 Å². The lowest BCUT2D eigenvalue weighted by Gasteiger charge is -2.12. The smallest absolute Gasteiger partial charge is 0.177 e. The molecule has 1 saturated heterocycles. The SMILES string of the molecule is O=S1CCN2C=CNC21. The zero-order valence-corrected chi connectivity index (χ0v) is 5.73. The standard InChI is InChI=1S/C5H8N2OS/c8-9-4-3-7-2-1-6-5(7)9/h1-2,5-6H,3-4H2. The van der Waals surface area contributed by atoms with Crippen molar-refractivity contribution in [3.8, 4) is 0 Å². The van der Waals surface area contributed by atoms with Crippen LogP contribution in [0, 0.1) is 0 Å². The van der Waals surface area contributed by atoms with Crippen LogP contribution in [0.2, 0.25) is 0 Å². The Labute approximate surface area is 56.2 Å². The summed E-state index contributed by atoms with van der Waals surface area (Å²) in [6.07, 6.45) is 3.80. The van der Waals surface area contributed by atoms with Crippen LogP contribution in [-0.4, -0.2) is 26.9 Å². The highest BCUT2D eigenvalue weighted by molar-refractivity contribution is 7.85. The molecule has 0 bridgehead atoms. The van der Waals surface area contributed by atoms with Crippen molar-refractivity contribution in [2.75, 3.05) is 12.3 Å². The van der Waals surface area contributed by atoms with E-state index in [1.54, 1.807) is 0 Å². The Balaban J connectivity index is 2.22. The lowest BCUT2D eigenvalue weighted by Crippen LogP contribution is -2.31. The summed E-state index contributed by atoms with van der Waals surface area (Å²) in [5.41, 5.74) is 0.0880. The van der Waals surface area contributed by atoms with Gasteiger partial charge < -0.3 is 10.2 Å². The van der Waals surface area contributed by atoms with Gasteiger partial charge in [-0.25, -0.2) is 0 Å². The Hall–Kier alpha value is -0.510. The van der Waals surface area contributed by atoms with Gasteiger partial charge >= 0.3 is 0 Å². The van der Waals surface area contributed by atoms with Gasteiger partial charge in [-0.1, -0.05) is 0 Å². The molecule has 0 radical (unpaired) electrons. The molecule has 0 aromatic carbocycles. The maximum Gasteiger partial charge on any atom is 0.177 e. The van der Waals surface area contributed by atoms with Crippen LogP contribution in [0.15, 0.2) is 12.4 Å². The summed E-state index contributed by atoms with van der Waals surface area (Å²) < 4.78 is 11.0. The Bertz CT molecular complexity index is 180. The Kier molecular flexibility index (Phi) is 1.02. The van der Waals surface area contributed by atoms with E-state index in [0.29, 0.717) is 0 Å². The van der Waals surface area contributed by atoms with Crippen molar-refractivity contribution in [3.05, 3.63) is 12.4 Å². The fourth-order valence-electron chi connectivity index (χ4n) is 1.12. The minimum Gasteiger partial charge on any atom is -0.360 e. The summed E-state index contributed by atoms with van der Waals surface area (Å²) in [5.74, 6) is 0.808. The molecule has 2 aliphatic heterocycles. The number of hydrogen-bond donors (Lipinski definition) is 1. The predicted octanol–water partition coefficient (Wildman–Crippen LogP) is -0.591. The third-order valence-corrected chi connectivity index (χ3v) is 3.10. The third kappa shape index (κ3) is 0.660. The molecule has 0 spiro atoms. The molecular formula is C5H8N2OS. The lowest BCUT2D eigenvalue weighted by atomic mass is 10.6. The topological polar surface area (TPSA) is 32.3 Å². The molecule has 0 amide bonds. The van der Waals surface area contributed by atoms with E-state index in [9.17, 15) is 4.21 Å². The van der Waals surface area contributed by atoms with Gasteiger partial charge in [-0.05, 0) is 0 Å². The van der Waals surface area contributed by atoms with Gasteiger partial charge in [0.25, 0.3) is 0 Å². The highest BCUT2D eigenvalue weighted by atomic mass is 32.2. The highest BCUT2D eigenvalue weighted by Crippen LogP contribution is 2.14. The van der Waals surface area contributed by atoms with Gasteiger partial charge in [0.2, 0.25) is 0 Å². The number of nitrogens with zero attached hydrogens (tertiary/aromatic N) is 1.